The molecule has 0 aromatic carbocycles. The minimum absolute atomic E-state index is 0.150. The Bertz CT molecular complexity index is 290. The maximum absolute atomic E-state index is 12.3. The Labute approximate surface area is 73.3 Å². The van der Waals surface area contributed by atoms with Gasteiger partial charge in [-0.3, -0.25) is 4.68 Å². The summed E-state index contributed by atoms with van der Waals surface area (Å²) in [5, 5.41) is 3.34. The normalized spacial score (nSPS) is 12.1. The number of hydrogen-bond acceptors (Lipinski definition) is 2. The maximum Gasteiger partial charge on any atom is 0.435 e. The molecule has 0 radical (unpaired) electrons. The van der Waals surface area contributed by atoms with Crippen molar-refractivity contribution in [3.8, 4) is 0 Å². The third kappa shape index (κ3) is 2.21. The van der Waals surface area contributed by atoms with Gasteiger partial charge in [0.15, 0.2) is 5.69 Å². The van der Waals surface area contributed by atoms with E-state index in [-0.39, 0.29) is 18.5 Å². The van der Waals surface area contributed by atoms with Gasteiger partial charge in [-0.25, -0.2) is 0 Å². The third-order valence-corrected chi connectivity index (χ3v) is 1.59. The van der Waals surface area contributed by atoms with Gasteiger partial charge in [0.1, 0.15) is 0 Å². The predicted molar refractivity (Wildman–Crippen MR) is 41.0 cm³/mol. The molecule has 6 heteroatoms. The van der Waals surface area contributed by atoms with Crippen molar-refractivity contribution >= 4 is 0 Å². The smallest absolute Gasteiger partial charge is 0.330 e. The van der Waals surface area contributed by atoms with Gasteiger partial charge in [-0.2, -0.15) is 18.3 Å². The van der Waals surface area contributed by atoms with E-state index >= 15 is 0 Å². The van der Waals surface area contributed by atoms with Crippen LogP contribution >= 0.6 is 0 Å². The second-order valence-corrected chi connectivity index (χ2v) is 2.71. The molecule has 0 aliphatic rings. The second-order valence-electron chi connectivity index (χ2n) is 2.71. The molecular formula is C7H10F3N3. The highest BCUT2D eigenvalue weighted by molar-refractivity contribution is 5.20. The molecule has 2 N–H and O–H groups in total. The van der Waals surface area contributed by atoms with Crippen molar-refractivity contribution in [3.05, 3.63) is 17.5 Å². The van der Waals surface area contributed by atoms with Crippen LogP contribution < -0.4 is 5.73 Å². The van der Waals surface area contributed by atoms with Gasteiger partial charge in [0.2, 0.25) is 0 Å². The largest absolute Gasteiger partial charge is 0.435 e. The van der Waals surface area contributed by atoms with Crippen molar-refractivity contribution in [2.75, 3.05) is 6.54 Å². The summed E-state index contributed by atoms with van der Waals surface area (Å²) in [5.41, 5.74) is 4.50. The highest BCUT2D eigenvalue weighted by Gasteiger charge is 2.36. The molecule has 13 heavy (non-hydrogen) atoms. The predicted octanol–water partition coefficient (Wildman–Crippen LogP) is 0.940. The van der Waals surface area contributed by atoms with Crippen LogP contribution in [-0.2, 0) is 19.6 Å². The molecule has 0 bridgehead atoms. The number of nitrogens with zero attached hydrogens (tertiary/aromatic N) is 2. The molecule has 0 spiro atoms. The van der Waals surface area contributed by atoms with Gasteiger partial charge in [-0.05, 0) is 13.0 Å². The number of aromatic nitrogens is 2. The minimum atomic E-state index is -4.38. The first-order chi connectivity index (χ1) is 5.95. The third-order valence-electron chi connectivity index (χ3n) is 1.59. The van der Waals surface area contributed by atoms with Crippen molar-refractivity contribution in [1.29, 1.82) is 0 Å². The Kier molecular flexibility index (Phi) is 2.60. The molecule has 0 fully saturated rings. The van der Waals surface area contributed by atoms with E-state index in [1.54, 1.807) is 0 Å². The Morgan fingerprint density at radius 1 is 1.54 bits per heavy atom. The van der Waals surface area contributed by atoms with Crippen LogP contribution in [0.5, 0.6) is 0 Å². The van der Waals surface area contributed by atoms with Crippen molar-refractivity contribution in [2.24, 2.45) is 12.8 Å². The summed E-state index contributed by atoms with van der Waals surface area (Å²) < 4.78 is 38.0. The minimum Gasteiger partial charge on any atom is -0.330 e. The molecule has 1 rings (SSSR count). The topological polar surface area (TPSA) is 43.8 Å². The van der Waals surface area contributed by atoms with Crippen LogP contribution in [0.3, 0.4) is 0 Å². The molecule has 0 saturated carbocycles. The van der Waals surface area contributed by atoms with E-state index in [1.165, 1.54) is 13.2 Å². The quantitative estimate of drug-likeness (QED) is 0.759. The first-order valence-electron chi connectivity index (χ1n) is 3.75. The van der Waals surface area contributed by atoms with E-state index in [0.29, 0.717) is 0 Å². The van der Waals surface area contributed by atoms with E-state index in [1.807, 2.05) is 0 Å². The fourth-order valence-corrected chi connectivity index (χ4v) is 1.11. The lowest BCUT2D eigenvalue weighted by Crippen LogP contribution is -2.12. The fraction of sp³-hybridized carbons (Fsp3) is 0.571. The molecule has 0 amide bonds. The number of nitrogens with two attached hydrogens (primary N) is 1. The van der Waals surface area contributed by atoms with Gasteiger partial charge in [-0.15, -0.1) is 0 Å². The van der Waals surface area contributed by atoms with Gasteiger partial charge in [0, 0.05) is 18.8 Å². The summed E-state index contributed by atoms with van der Waals surface area (Å²) in [4.78, 5) is 0. The van der Waals surface area contributed by atoms with Crippen LogP contribution in [-0.4, -0.2) is 16.3 Å². The van der Waals surface area contributed by atoms with Gasteiger partial charge < -0.3 is 5.73 Å². The Morgan fingerprint density at radius 2 is 2.15 bits per heavy atom. The van der Waals surface area contributed by atoms with Gasteiger partial charge in [0.05, 0.1) is 0 Å². The van der Waals surface area contributed by atoms with Gasteiger partial charge in [-0.1, -0.05) is 0 Å². The van der Waals surface area contributed by atoms with E-state index in [0.717, 1.165) is 4.68 Å². The molecule has 0 aliphatic carbocycles. The van der Waals surface area contributed by atoms with Crippen LogP contribution in [0.2, 0.25) is 0 Å². The van der Waals surface area contributed by atoms with Crippen LogP contribution in [0.25, 0.3) is 0 Å². The average Bonchev–Trinajstić information content (AvgIpc) is 2.30. The summed E-state index contributed by atoms with van der Waals surface area (Å²) in [5.74, 6) is 0. The summed E-state index contributed by atoms with van der Waals surface area (Å²) in [6.07, 6.45) is -2.84. The van der Waals surface area contributed by atoms with E-state index < -0.39 is 11.9 Å². The lowest BCUT2D eigenvalue weighted by molar-refractivity contribution is -0.142. The monoisotopic (exact) mass is 193 g/mol. The molecule has 1 aromatic rings. The van der Waals surface area contributed by atoms with Crippen LogP contribution in [0.15, 0.2) is 6.20 Å². The van der Waals surface area contributed by atoms with Crippen LogP contribution in [0, 0.1) is 0 Å². The molecule has 3 nitrogen and oxygen atoms in total. The summed E-state index contributed by atoms with van der Waals surface area (Å²) in [6.45, 7) is 0.189. The zero-order valence-corrected chi connectivity index (χ0v) is 7.10. The fourth-order valence-electron chi connectivity index (χ4n) is 1.11. The van der Waals surface area contributed by atoms with Crippen molar-refractivity contribution in [1.82, 2.24) is 9.78 Å². The molecule has 0 atom stereocenters. The SMILES string of the molecule is Cn1cc(CCN)c(C(F)(F)F)n1. The molecule has 74 valence electrons. The molecule has 1 heterocycles. The zero-order chi connectivity index (χ0) is 10.1. The van der Waals surface area contributed by atoms with Crippen molar-refractivity contribution < 1.29 is 13.2 Å². The first kappa shape index (κ1) is 10.0. The number of alkyl halides is 3. The summed E-state index contributed by atoms with van der Waals surface area (Å²) in [7, 11) is 1.45. The number of hydrogen-bond donors (Lipinski definition) is 1. The van der Waals surface area contributed by atoms with Crippen LogP contribution in [0.1, 0.15) is 11.3 Å². The number of halogens is 3. The molecule has 0 saturated heterocycles. The molecule has 0 unspecified atom stereocenters. The zero-order valence-electron chi connectivity index (χ0n) is 7.10. The maximum atomic E-state index is 12.3. The second kappa shape index (κ2) is 3.37. The highest BCUT2D eigenvalue weighted by Crippen LogP contribution is 2.30. The lowest BCUT2D eigenvalue weighted by atomic mass is 10.2. The number of rotatable bonds is 2. The van der Waals surface area contributed by atoms with Gasteiger partial charge in [0.25, 0.3) is 0 Å². The first-order valence-corrected chi connectivity index (χ1v) is 3.75. The van der Waals surface area contributed by atoms with E-state index in [9.17, 15) is 13.2 Å². The lowest BCUT2D eigenvalue weighted by Gasteiger charge is -2.04. The molecule has 1 aromatic heterocycles. The Hall–Kier alpha value is -1.04. The summed E-state index contributed by atoms with van der Waals surface area (Å²) in [6, 6.07) is 0. The van der Waals surface area contributed by atoms with Crippen molar-refractivity contribution in [3.63, 3.8) is 0 Å². The van der Waals surface area contributed by atoms with Crippen LogP contribution in [0.4, 0.5) is 13.2 Å². The van der Waals surface area contributed by atoms with Gasteiger partial charge >= 0.3 is 6.18 Å². The average molecular weight is 193 g/mol. The van der Waals surface area contributed by atoms with E-state index in [2.05, 4.69) is 5.10 Å². The Morgan fingerprint density at radius 3 is 2.62 bits per heavy atom. The summed E-state index contributed by atoms with van der Waals surface area (Å²) >= 11 is 0. The number of aryl methyl sites for hydroxylation is 1. The highest BCUT2D eigenvalue weighted by atomic mass is 19.4. The molecular weight excluding hydrogens is 183 g/mol. The Balaban J connectivity index is 3.04. The van der Waals surface area contributed by atoms with Crippen molar-refractivity contribution in [2.45, 2.75) is 12.6 Å². The standard InChI is InChI=1S/C7H10F3N3/c1-13-4-5(2-3-11)6(12-13)7(8,9)10/h4H,2-3,11H2,1H3. The molecule has 0 aliphatic heterocycles. The van der Waals surface area contributed by atoms with E-state index in [4.69, 9.17) is 5.73 Å².